The molecule has 0 bridgehead atoms. The first-order chi connectivity index (χ1) is 13.3. The van der Waals surface area contributed by atoms with Gasteiger partial charge in [-0.25, -0.2) is 4.98 Å². The van der Waals surface area contributed by atoms with Gasteiger partial charge in [-0.1, -0.05) is 24.3 Å². The number of nitrogens with zero attached hydrogens (tertiary/aromatic N) is 3. The molecule has 140 valence electrons. The molecule has 0 radical (unpaired) electrons. The maximum Gasteiger partial charge on any atom is 0.218 e. The standard InChI is InChI=1S/C22H25N3O2/c1-26-22-19(12-18-7-2-3-9-21(18)24-22)14-25-11-5-8-20(15-25)27-16-17-6-4-10-23-13-17/h2-4,6-7,9-10,12-13,20H,5,8,11,14-16H2,1H3. The molecule has 3 aromatic rings. The highest BCUT2D eigenvalue weighted by Crippen LogP contribution is 2.25. The van der Waals surface area contributed by atoms with E-state index in [9.17, 15) is 0 Å². The summed E-state index contributed by atoms with van der Waals surface area (Å²) >= 11 is 0. The van der Waals surface area contributed by atoms with E-state index >= 15 is 0 Å². The molecule has 3 heterocycles. The minimum absolute atomic E-state index is 0.248. The molecule has 1 atom stereocenters. The van der Waals surface area contributed by atoms with Gasteiger partial charge in [0.15, 0.2) is 0 Å². The number of hydrogen-bond donors (Lipinski definition) is 0. The van der Waals surface area contributed by atoms with E-state index < -0.39 is 0 Å². The fraction of sp³-hybridized carbons (Fsp3) is 0.364. The number of likely N-dealkylation sites (tertiary alicyclic amines) is 1. The van der Waals surface area contributed by atoms with Gasteiger partial charge in [-0.3, -0.25) is 9.88 Å². The largest absolute Gasteiger partial charge is 0.481 e. The van der Waals surface area contributed by atoms with Gasteiger partial charge in [0.05, 0.1) is 25.3 Å². The number of methoxy groups -OCH3 is 1. The normalized spacial score (nSPS) is 17.9. The minimum atomic E-state index is 0.248. The number of aromatic nitrogens is 2. The number of hydrogen-bond acceptors (Lipinski definition) is 5. The predicted molar refractivity (Wildman–Crippen MR) is 106 cm³/mol. The van der Waals surface area contributed by atoms with Crippen molar-refractivity contribution in [2.24, 2.45) is 0 Å². The van der Waals surface area contributed by atoms with Crippen LogP contribution >= 0.6 is 0 Å². The van der Waals surface area contributed by atoms with Crippen LogP contribution in [0.15, 0.2) is 54.9 Å². The minimum Gasteiger partial charge on any atom is -0.481 e. The number of benzene rings is 1. The molecule has 1 aliphatic rings. The lowest BCUT2D eigenvalue weighted by atomic mass is 10.1. The average Bonchev–Trinajstić information content (AvgIpc) is 2.73. The van der Waals surface area contributed by atoms with Crippen molar-refractivity contribution in [3.8, 4) is 5.88 Å². The van der Waals surface area contributed by atoms with Crippen molar-refractivity contribution in [2.45, 2.75) is 32.1 Å². The Morgan fingerprint density at radius 3 is 2.96 bits per heavy atom. The quantitative estimate of drug-likeness (QED) is 0.666. The average molecular weight is 363 g/mol. The van der Waals surface area contributed by atoms with Crippen LogP contribution in [0.2, 0.25) is 0 Å². The van der Waals surface area contributed by atoms with Crippen molar-refractivity contribution in [1.82, 2.24) is 14.9 Å². The third-order valence-electron chi connectivity index (χ3n) is 5.02. The first-order valence-corrected chi connectivity index (χ1v) is 9.47. The summed E-state index contributed by atoms with van der Waals surface area (Å²) < 4.78 is 11.7. The van der Waals surface area contributed by atoms with Crippen LogP contribution in [0.4, 0.5) is 0 Å². The van der Waals surface area contributed by atoms with Gasteiger partial charge in [-0.2, -0.15) is 0 Å². The molecular weight excluding hydrogens is 338 g/mol. The zero-order chi connectivity index (χ0) is 18.5. The number of para-hydroxylation sites is 1. The monoisotopic (exact) mass is 363 g/mol. The lowest BCUT2D eigenvalue weighted by Gasteiger charge is -2.32. The van der Waals surface area contributed by atoms with E-state index in [1.165, 1.54) is 0 Å². The van der Waals surface area contributed by atoms with E-state index in [1.807, 2.05) is 30.5 Å². The summed E-state index contributed by atoms with van der Waals surface area (Å²) in [5.74, 6) is 0.715. The van der Waals surface area contributed by atoms with E-state index in [0.29, 0.717) is 12.5 Å². The predicted octanol–water partition coefficient (Wildman–Crippen LogP) is 3.82. The van der Waals surface area contributed by atoms with Crippen LogP contribution in [-0.2, 0) is 17.9 Å². The Balaban J connectivity index is 1.42. The van der Waals surface area contributed by atoms with Crippen LogP contribution in [0.25, 0.3) is 10.9 Å². The third kappa shape index (κ3) is 4.43. The topological polar surface area (TPSA) is 47.5 Å². The SMILES string of the molecule is COc1nc2ccccc2cc1CN1CCCC(OCc2cccnc2)C1. The van der Waals surface area contributed by atoms with Crippen molar-refractivity contribution in [1.29, 1.82) is 0 Å². The van der Waals surface area contributed by atoms with Gasteiger partial charge in [0.25, 0.3) is 0 Å². The molecule has 2 aromatic heterocycles. The summed E-state index contributed by atoms with van der Waals surface area (Å²) in [5.41, 5.74) is 3.22. The zero-order valence-electron chi connectivity index (χ0n) is 15.7. The van der Waals surface area contributed by atoms with Gasteiger partial charge < -0.3 is 9.47 Å². The maximum absolute atomic E-state index is 6.14. The van der Waals surface area contributed by atoms with Crippen LogP contribution in [0, 0.1) is 0 Å². The van der Waals surface area contributed by atoms with Gasteiger partial charge in [-0.15, -0.1) is 0 Å². The van der Waals surface area contributed by atoms with E-state index in [4.69, 9.17) is 9.47 Å². The molecule has 0 amide bonds. The molecule has 1 aromatic carbocycles. The lowest BCUT2D eigenvalue weighted by Crippen LogP contribution is -2.39. The number of pyridine rings is 2. The second-order valence-corrected chi connectivity index (χ2v) is 7.02. The first-order valence-electron chi connectivity index (χ1n) is 9.47. The van der Waals surface area contributed by atoms with Crippen molar-refractivity contribution >= 4 is 10.9 Å². The second-order valence-electron chi connectivity index (χ2n) is 7.02. The summed E-state index contributed by atoms with van der Waals surface area (Å²) in [6, 6.07) is 14.4. The molecule has 1 fully saturated rings. The molecule has 27 heavy (non-hydrogen) atoms. The van der Waals surface area contributed by atoms with Gasteiger partial charge in [0.2, 0.25) is 5.88 Å². The molecule has 0 aliphatic carbocycles. The van der Waals surface area contributed by atoms with E-state index in [1.54, 1.807) is 13.3 Å². The Labute approximate surface area is 160 Å². The summed E-state index contributed by atoms with van der Waals surface area (Å²) in [6.07, 6.45) is 6.15. The van der Waals surface area contributed by atoms with Crippen molar-refractivity contribution < 1.29 is 9.47 Å². The zero-order valence-corrected chi connectivity index (χ0v) is 15.7. The van der Waals surface area contributed by atoms with Gasteiger partial charge in [0.1, 0.15) is 0 Å². The smallest absolute Gasteiger partial charge is 0.218 e. The van der Waals surface area contributed by atoms with Gasteiger partial charge in [-0.05, 0) is 43.1 Å². The fourth-order valence-electron chi connectivity index (χ4n) is 3.66. The summed E-state index contributed by atoms with van der Waals surface area (Å²) in [7, 11) is 1.69. The van der Waals surface area contributed by atoms with Crippen LogP contribution in [0.5, 0.6) is 5.88 Å². The highest BCUT2D eigenvalue weighted by Gasteiger charge is 2.22. The Kier molecular flexibility index (Phi) is 5.61. The highest BCUT2D eigenvalue weighted by molar-refractivity contribution is 5.80. The fourth-order valence-corrected chi connectivity index (χ4v) is 3.66. The Bertz CT molecular complexity index is 885. The number of piperidine rings is 1. The molecule has 5 nitrogen and oxygen atoms in total. The molecule has 0 N–H and O–H groups in total. The molecular formula is C22H25N3O2. The summed E-state index contributed by atoms with van der Waals surface area (Å²) in [5, 5.41) is 1.15. The maximum atomic E-state index is 6.14. The van der Waals surface area contributed by atoms with E-state index in [-0.39, 0.29) is 6.10 Å². The summed E-state index contributed by atoms with van der Waals surface area (Å²) in [6.45, 7) is 3.44. The third-order valence-corrected chi connectivity index (χ3v) is 5.02. The van der Waals surface area contributed by atoms with Crippen molar-refractivity contribution in [3.05, 3.63) is 66.0 Å². The van der Waals surface area contributed by atoms with Crippen LogP contribution in [0.1, 0.15) is 24.0 Å². The van der Waals surface area contributed by atoms with E-state index in [0.717, 1.165) is 54.5 Å². The number of ether oxygens (including phenoxy) is 2. The molecule has 1 aliphatic heterocycles. The lowest BCUT2D eigenvalue weighted by molar-refractivity contribution is -0.0123. The highest BCUT2D eigenvalue weighted by atomic mass is 16.5. The molecule has 1 unspecified atom stereocenters. The molecule has 5 heteroatoms. The molecule has 0 spiro atoms. The molecule has 0 saturated carbocycles. The number of rotatable bonds is 6. The molecule has 1 saturated heterocycles. The first kappa shape index (κ1) is 17.9. The molecule has 4 rings (SSSR count). The van der Waals surface area contributed by atoms with Crippen LogP contribution < -0.4 is 4.74 Å². The van der Waals surface area contributed by atoms with Crippen molar-refractivity contribution in [2.75, 3.05) is 20.2 Å². The van der Waals surface area contributed by atoms with Gasteiger partial charge in [0, 0.05) is 36.4 Å². The summed E-state index contributed by atoms with van der Waals surface area (Å²) in [4.78, 5) is 11.3. The van der Waals surface area contributed by atoms with Crippen LogP contribution in [0.3, 0.4) is 0 Å². The number of fused-ring (bicyclic) bond motifs is 1. The van der Waals surface area contributed by atoms with Crippen molar-refractivity contribution in [3.63, 3.8) is 0 Å². The second kappa shape index (κ2) is 8.46. The Morgan fingerprint density at radius 2 is 2.11 bits per heavy atom. The van der Waals surface area contributed by atoms with Gasteiger partial charge >= 0.3 is 0 Å². The van der Waals surface area contributed by atoms with Crippen LogP contribution in [-0.4, -0.2) is 41.2 Å². The Hall–Kier alpha value is -2.50. The Morgan fingerprint density at radius 1 is 1.19 bits per heavy atom. The van der Waals surface area contributed by atoms with E-state index in [2.05, 4.69) is 33.1 Å².